The van der Waals surface area contributed by atoms with Gasteiger partial charge in [-0.3, -0.25) is 9.59 Å². The number of unbranched alkanes of at least 4 members (excludes halogenated alkanes) is 35. The van der Waals surface area contributed by atoms with E-state index >= 15 is 0 Å². The molecule has 1 atom stereocenters. The molecule has 5 nitrogen and oxygen atoms in total. The Morgan fingerprint density at radius 3 is 0.944 bits per heavy atom. The molecular weight excluding hydrogens is 669 g/mol. The van der Waals surface area contributed by atoms with Crippen LogP contribution in [-0.4, -0.2) is 37.9 Å². The molecule has 0 rings (SSSR count). The van der Waals surface area contributed by atoms with Gasteiger partial charge >= 0.3 is 11.9 Å². The first-order chi connectivity index (χ1) is 26.6. The number of carbonyl (C=O) groups excluding carboxylic acids is 2. The van der Waals surface area contributed by atoms with Crippen LogP contribution in [0, 0.1) is 0 Å². The molecule has 0 aromatic rings. The van der Waals surface area contributed by atoms with Gasteiger partial charge < -0.3 is 14.2 Å². The van der Waals surface area contributed by atoms with Gasteiger partial charge in [0.2, 0.25) is 0 Å². The Labute approximate surface area is 338 Å². The summed E-state index contributed by atoms with van der Waals surface area (Å²) in [7, 11) is 0. The van der Waals surface area contributed by atoms with Crippen molar-refractivity contribution < 1.29 is 23.8 Å². The van der Waals surface area contributed by atoms with Crippen molar-refractivity contribution in [3.05, 3.63) is 0 Å². The number of hydrogen-bond acceptors (Lipinski definition) is 5. The Morgan fingerprint density at radius 1 is 0.333 bits per heavy atom. The van der Waals surface area contributed by atoms with E-state index in [0.29, 0.717) is 26.1 Å². The van der Waals surface area contributed by atoms with Crippen LogP contribution in [0.15, 0.2) is 0 Å². The summed E-state index contributed by atoms with van der Waals surface area (Å²) in [5.41, 5.74) is 0. The predicted octanol–water partition coefficient (Wildman–Crippen LogP) is 16.1. The van der Waals surface area contributed by atoms with Gasteiger partial charge in [-0.25, -0.2) is 0 Å². The van der Waals surface area contributed by atoms with Crippen molar-refractivity contribution in [3.63, 3.8) is 0 Å². The molecule has 5 heteroatoms. The number of hydrogen-bond donors (Lipinski definition) is 0. The summed E-state index contributed by atoms with van der Waals surface area (Å²) < 4.78 is 17.3. The standard InChI is InChI=1S/C49H96O5/c1-4-7-10-13-15-17-19-21-23-24-25-27-29-31-33-35-38-41-44-52-45-47(54-49(51)43-40-36-12-9-6-3)46-53-48(50)42-39-37-34-32-30-28-26-22-20-18-16-14-11-8-5-2/h47H,4-46H2,1-3H3. The Balaban J connectivity index is 3.95. The summed E-state index contributed by atoms with van der Waals surface area (Å²) in [5, 5.41) is 0. The summed E-state index contributed by atoms with van der Waals surface area (Å²) in [6.45, 7) is 7.82. The minimum absolute atomic E-state index is 0.0955. The lowest BCUT2D eigenvalue weighted by Crippen LogP contribution is -2.30. The first-order valence-corrected chi connectivity index (χ1v) is 24.6. The highest BCUT2D eigenvalue weighted by molar-refractivity contribution is 5.70. The molecule has 0 saturated heterocycles. The van der Waals surface area contributed by atoms with Gasteiger partial charge in [0.1, 0.15) is 6.61 Å². The maximum atomic E-state index is 12.6. The topological polar surface area (TPSA) is 61.8 Å². The van der Waals surface area contributed by atoms with Crippen LogP contribution >= 0.6 is 0 Å². The van der Waals surface area contributed by atoms with Gasteiger partial charge in [-0.15, -0.1) is 0 Å². The van der Waals surface area contributed by atoms with Crippen LogP contribution in [0.3, 0.4) is 0 Å². The van der Waals surface area contributed by atoms with Crippen LogP contribution in [0.4, 0.5) is 0 Å². The van der Waals surface area contributed by atoms with Crippen LogP contribution in [0.5, 0.6) is 0 Å². The van der Waals surface area contributed by atoms with Crippen LogP contribution in [0.1, 0.15) is 278 Å². The van der Waals surface area contributed by atoms with E-state index < -0.39 is 6.10 Å². The first-order valence-electron chi connectivity index (χ1n) is 24.6. The van der Waals surface area contributed by atoms with Gasteiger partial charge in [-0.2, -0.15) is 0 Å². The molecule has 0 aliphatic carbocycles. The van der Waals surface area contributed by atoms with Gasteiger partial charge in [0.15, 0.2) is 6.10 Å². The first kappa shape index (κ1) is 52.9. The summed E-state index contributed by atoms with van der Waals surface area (Å²) >= 11 is 0. The lowest BCUT2D eigenvalue weighted by molar-refractivity contribution is -0.163. The third-order valence-corrected chi connectivity index (χ3v) is 11.1. The second-order valence-corrected chi connectivity index (χ2v) is 16.7. The molecule has 0 amide bonds. The van der Waals surface area contributed by atoms with E-state index in [1.54, 1.807) is 0 Å². The van der Waals surface area contributed by atoms with E-state index in [9.17, 15) is 9.59 Å². The highest BCUT2D eigenvalue weighted by atomic mass is 16.6. The zero-order valence-electron chi connectivity index (χ0n) is 37.0. The summed E-state index contributed by atoms with van der Waals surface area (Å²) in [5.74, 6) is -0.388. The molecule has 0 fully saturated rings. The Bertz CT molecular complexity index is 740. The van der Waals surface area contributed by atoms with Crippen LogP contribution in [-0.2, 0) is 23.8 Å². The normalized spacial score (nSPS) is 12.0. The molecule has 322 valence electrons. The van der Waals surface area contributed by atoms with Crippen molar-refractivity contribution in [1.82, 2.24) is 0 Å². The third kappa shape index (κ3) is 43.6. The smallest absolute Gasteiger partial charge is 0.306 e. The minimum Gasteiger partial charge on any atom is -0.462 e. The average molecular weight is 765 g/mol. The SMILES string of the molecule is CCCCCCCCCCCCCCCCCCCCOCC(COC(=O)CCCCCCCCCCCCCCCCC)OC(=O)CCCCCCC. The van der Waals surface area contributed by atoms with Gasteiger partial charge in [0.05, 0.1) is 6.61 Å². The zero-order valence-corrected chi connectivity index (χ0v) is 37.0. The fraction of sp³-hybridized carbons (Fsp3) is 0.959. The molecule has 0 spiro atoms. The van der Waals surface area contributed by atoms with Crippen LogP contribution in [0.25, 0.3) is 0 Å². The molecule has 54 heavy (non-hydrogen) atoms. The van der Waals surface area contributed by atoms with Crippen molar-refractivity contribution in [3.8, 4) is 0 Å². The highest BCUT2D eigenvalue weighted by Crippen LogP contribution is 2.16. The van der Waals surface area contributed by atoms with Crippen molar-refractivity contribution in [2.45, 2.75) is 284 Å². The van der Waals surface area contributed by atoms with Crippen molar-refractivity contribution in [1.29, 1.82) is 0 Å². The van der Waals surface area contributed by atoms with Gasteiger partial charge in [0.25, 0.3) is 0 Å². The zero-order chi connectivity index (χ0) is 39.3. The molecular formula is C49H96O5. The van der Waals surface area contributed by atoms with Gasteiger partial charge in [-0.05, 0) is 19.3 Å². The van der Waals surface area contributed by atoms with E-state index in [-0.39, 0.29) is 18.5 Å². The van der Waals surface area contributed by atoms with Crippen molar-refractivity contribution in [2.75, 3.05) is 19.8 Å². The van der Waals surface area contributed by atoms with E-state index in [2.05, 4.69) is 20.8 Å². The van der Waals surface area contributed by atoms with Gasteiger partial charge in [-0.1, -0.05) is 245 Å². The molecule has 0 aliphatic rings. The van der Waals surface area contributed by atoms with Crippen LogP contribution in [0.2, 0.25) is 0 Å². The number of ether oxygens (including phenoxy) is 3. The monoisotopic (exact) mass is 765 g/mol. The summed E-state index contributed by atoms with van der Waals surface area (Å²) in [4.78, 5) is 25.0. The Morgan fingerprint density at radius 2 is 0.611 bits per heavy atom. The summed E-state index contributed by atoms with van der Waals surface area (Å²) in [6.07, 6.45) is 49.9. The lowest BCUT2D eigenvalue weighted by Gasteiger charge is -2.18. The lowest BCUT2D eigenvalue weighted by atomic mass is 10.0. The third-order valence-electron chi connectivity index (χ3n) is 11.1. The second kappa shape index (κ2) is 46.3. The highest BCUT2D eigenvalue weighted by Gasteiger charge is 2.17. The number of esters is 2. The fourth-order valence-corrected chi connectivity index (χ4v) is 7.45. The van der Waals surface area contributed by atoms with Crippen molar-refractivity contribution in [2.24, 2.45) is 0 Å². The largest absolute Gasteiger partial charge is 0.462 e. The van der Waals surface area contributed by atoms with Crippen molar-refractivity contribution >= 4 is 11.9 Å². The van der Waals surface area contributed by atoms with Gasteiger partial charge in [0, 0.05) is 19.4 Å². The van der Waals surface area contributed by atoms with E-state index in [0.717, 1.165) is 38.5 Å². The second-order valence-electron chi connectivity index (χ2n) is 16.7. The molecule has 1 unspecified atom stereocenters. The molecule has 0 saturated carbocycles. The number of carbonyl (C=O) groups is 2. The molecule has 0 aromatic carbocycles. The fourth-order valence-electron chi connectivity index (χ4n) is 7.45. The van der Waals surface area contributed by atoms with E-state index in [1.165, 1.54) is 205 Å². The molecule has 0 N–H and O–H groups in total. The average Bonchev–Trinajstić information content (AvgIpc) is 3.17. The van der Waals surface area contributed by atoms with E-state index in [1.807, 2.05) is 0 Å². The van der Waals surface area contributed by atoms with E-state index in [4.69, 9.17) is 14.2 Å². The Hall–Kier alpha value is -1.10. The maximum Gasteiger partial charge on any atom is 0.306 e. The molecule has 0 bridgehead atoms. The maximum absolute atomic E-state index is 12.6. The van der Waals surface area contributed by atoms with Crippen LogP contribution < -0.4 is 0 Å². The molecule has 0 heterocycles. The molecule has 0 radical (unpaired) electrons. The minimum atomic E-state index is -0.520. The Kier molecular flexibility index (Phi) is 45.3. The number of rotatable bonds is 46. The molecule has 0 aromatic heterocycles. The summed E-state index contributed by atoms with van der Waals surface area (Å²) in [6, 6.07) is 0. The quantitative estimate of drug-likeness (QED) is 0.0456. The predicted molar refractivity (Wildman–Crippen MR) is 233 cm³/mol. The molecule has 0 aliphatic heterocycles.